The van der Waals surface area contributed by atoms with E-state index in [0.717, 1.165) is 22.6 Å². The van der Waals surface area contributed by atoms with Gasteiger partial charge in [-0.1, -0.05) is 30.0 Å². The van der Waals surface area contributed by atoms with Crippen LogP contribution in [0, 0.1) is 0 Å². The molecule has 0 radical (unpaired) electrons. The van der Waals surface area contributed by atoms with E-state index in [4.69, 9.17) is 4.74 Å². The van der Waals surface area contributed by atoms with E-state index in [1.165, 1.54) is 18.0 Å². The average molecular weight is 515 g/mol. The standard InChI is InChI=1S/C27H26N6O3S/c1-3-7-19-8-5-9-20(25(19)35)17-29-30-24(34)18-37-27-32-31-26(21-10-6-15-28-16-21)33(27)22-11-13-23(14-12-22)36-4-2/h3,5-6,8-17,35H,1,4,7,18H2,2H3,(H,30,34)/b29-17+. The maximum absolute atomic E-state index is 12.5. The fourth-order valence-electron chi connectivity index (χ4n) is 3.51. The largest absolute Gasteiger partial charge is 0.507 e. The van der Waals surface area contributed by atoms with E-state index < -0.39 is 0 Å². The Bertz CT molecular complexity index is 1390. The van der Waals surface area contributed by atoms with Crippen molar-refractivity contribution in [3.63, 3.8) is 0 Å². The van der Waals surface area contributed by atoms with Crippen molar-refractivity contribution in [1.29, 1.82) is 0 Å². The minimum atomic E-state index is -0.327. The van der Waals surface area contributed by atoms with Crippen LogP contribution in [-0.2, 0) is 11.2 Å². The van der Waals surface area contributed by atoms with Gasteiger partial charge in [0.1, 0.15) is 11.5 Å². The predicted molar refractivity (Wildman–Crippen MR) is 144 cm³/mol. The van der Waals surface area contributed by atoms with Gasteiger partial charge in [-0.2, -0.15) is 5.10 Å². The summed E-state index contributed by atoms with van der Waals surface area (Å²) in [4.78, 5) is 16.7. The van der Waals surface area contributed by atoms with E-state index in [9.17, 15) is 9.90 Å². The van der Waals surface area contributed by atoms with E-state index in [2.05, 4.69) is 32.3 Å². The third-order valence-electron chi connectivity index (χ3n) is 5.20. The van der Waals surface area contributed by atoms with Gasteiger partial charge in [-0.05, 0) is 61.4 Å². The van der Waals surface area contributed by atoms with E-state index in [1.54, 1.807) is 24.5 Å². The summed E-state index contributed by atoms with van der Waals surface area (Å²) in [5.74, 6) is 1.21. The molecular formula is C27H26N6O3S. The number of rotatable bonds is 11. The molecule has 0 saturated heterocycles. The number of carbonyl (C=O) groups is 1. The first kappa shape index (κ1) is 25.6. The summed E-state index contributed by atoms with van der Waals surface area (Å²) >= 11 is 1.23. The quantitative estimate of drug-likeness (QED) is 0.132. The number of ether oxygens (including phenoxy) is 1. The Hall–Kier alpha value is -4.44. The Labute approximate surface area is 218 Å². The van der Waals surface area contributed by atoms with Crippen molar-refractivity contribution in [1.82, 2.24) is 25.2 Å². The Morgan fingerprint density at radius 3 is 2.76 bits per heavy atom. The second kappa shape index (κ2) is 12.5. The highest BCUT2D eigenvalue weighted by atomic mass is 32.2. The number of hydrogen-bond donors (Lipinski definition) is 2. The van der Waals surface area contributed by atoms with Crippen LogP contribution < -0.4 is 10.2 Å². The van der Waals surface area contributed by atoms with Gasteiger partial charge in [0, 0.05) is 29.2 Å². The zero-order chi connectivity index (χ0) is 26.0. The number of aromatic hydroxyl groups is 1. The third-order valence-corrected chi connectivity index (χ3v) is 6.13. The van der Waals surface area contributed by atoms with Gasteiger partial charge in [-0.15, -0.1) is 16.8 Å². The summed E-state index contributed by atoms with van der Waals surface area (Å²) in [5, 5.41) is 23.5. The molecule has 0 atom stereocenters. The van der Waals surface area contributed by atoms with Crippen LogP contribution in [0.2, 0.25) is 0 Å². The number of phenols is 1. The molecule has 4 rings (SSSR count). The number of para-hydroxylation sites is 1. The van der Waals surface area contributed by atoms with Gasteiger partial charge < -0.3 is 9.84 Å². The highest BCUT2D eigenvalue weighted by Gasteiger charge is 2.17. The molecule has 188 valence electrons. The summed E-state index contributed by atoms with van der Waals surface area (Å²) in [5.41, 5.74) is 5.35. The van der Waals surface area contributed by atoms with Crippen LogP contribution in [0.1, 0.15) is 18.1 Å². The van der Waals surface area contributed by atoms with Gasteiger partial charge in [0.2, 0.25) is 0 Å². The molecular weight excluding hydrogens is 488 g/mol. The molecule has 0 aliphatic carbocycles. The zero-order valence-corrected chi connectivity index (χ0v) is 21.1. The fraction of sp³-hybridized carbons (Fsp3) is 0.148. The normalized spacial score (nSPS) is 10.9. The van der Waals surface area contributed by atoms with Crippen LogP contribution in [0.3, 0.4) is 0 Å². The monoisotopic (exact) mass is 514 g/mol. The van der Waals surface area contributed by atoms with Crippen LogP contribution in [0.15, 0.2) is 89.9 Å². The predicted octanol–water partition coefficient (Wildman–Crippen LogP) is 4.40. The van der Waals surface area contributed by atoms with E-state index in [0.29, 0.717) is 29.6 Å². The van der Waals surface area contributed by atoms with Crippen molar-refractivity contribution in [2.24, 2.45) is 5.10 Å². The number of hydrogen-bond acceptors (Lipinski definition) is 8. The number of nitrogens with one attached hydrogen (secondary N) is 1. The van der Waals surface area contributed by atoms with Crippen molar-refractivity contribution < 1.29 is 14.6 Å². The molecule has 0 saturated carbocycles. The lowest BCUT2D eigenvalue weighted by atomic mass is 10.1. The first-order valence-electron chi connectivity index (χ1n) is 11.6. The number of aromatic nitrogens is 4. The van der Waals surface area contributed by atoms with Crippen LogP contribution in [0.5, 0.6) is 11.5 Å². The van der Waals surface area contributed by atoms with Gasteiger partial charge >= 0.3 is 0 Å². The maximum Gasteiger partial charge on any atom is 0.250 e. The van der Waals surface area contributed by atoms with E-state index in [-0.39, 0.29) is 17.4 Å². The molecule has 0 spiro atoms. The summed E-state index contributed by atoms with van der Waals surface area (Å²) in [7, 11) is 0. The molecule has 37 heavy (non-hydrogen) atoms. The van der Waals surface area contributed by atoms with Crippen LogP contribution in [0.25, 0.3) is 17.1 Å². The molecule has 2 heterocycles. The topological polar surface area (TPSA) is 115 Å². The number of nitrogens with zero attached hydrogens (tertiary/aromatic N) is 5. The molecule has 0 fully saturated rings. The average Bonchev–Trinajstić information content (AvgIpc) is 3.35. The molecule has 0 aliphatic heterocycles. The van der Waals surface area contributed by atoms with Gasteiger partial charge in [0.05, 0.1) is 18.6 Å². The Morgan fingerprint density at radius 1 is 1.19 bits per heavy atom. The first-order chi connectivity index (χ1) is 18.1. The van der Waals surface area contributed by atoms with Gasteiger partial charge in [-0.3, -0.25) is 14.3 Å². The number of thioether (sulfide) groups is 1. The number of amides is 1. The van der Waals surface area contributed by atoms with Crippen LogP contribution in [0.4, 0.5) is 0 Å². The fourth-order valence-corrected chi connectivity index (χ4v) is 4.25. The van der Waals surface area contributed by atoms with E-state index in [1.807, 2.05) is 60.0 Å². The summed E-state index contributed by atoms with van der Waals surface area (Å²) < 4.78 is 7.43. The van der Waals surface area contributed by atoms with Crippen LogP contribution in [-0.4, -0.2) is 49.3 Å². The number of carbonyl (C=O) groups excluding carboxylic acids is 1. The van der Waals surface area contributed by atoms with Gasteiger partial charge in [0.15, 0.2) is 11.0 Å². The number of benzene rings is 2. The lowest BCUT2D eigenvalue weighted by molar-refractivity contribution is -0.118. The number of pyridine rings is 1. The lowest BCUT2D eigenvalue weighted by Crippen LogP contribution is -2.20. The summed E-state index contributed by atoms with van der Waals surface area (Å²) in [6.45, 7) is 6.20. The Kier molecular flexibility index (Phi) is 8.66. The van der Waals surface area contributed by atoms with Crippen molar-refractivity contribution in [3.8, 4) is 28.6 Å². The molecule has 4 aromatic rings. The molecule has 2 aromatic carbocycles. The summed E-state index contributed by atoms with van der Waals surface area (Å²) in [6.07, 6.45) is 7.06. The first-order valence-corrected chi connectivity index (χ1v) is 12.5. The lowest BCUT2D eigenvalue weighted by Gasteiger charge is -2.11. The minimum absolute atomic E-state index is 0.0576. The van der Waals surface area contributed by atoms with Gasteiger partial charge in [0.25, 0.3) is 5.91 Å². The summed E-state index contributed by atoms with van der Waals surface area (Å²) in [6, 6.07) is 16.6. The minimum Gasteiger partial charge on any atom is -0.507 e. The number of allylic oxidation sites excluding steroid dienone is 1. The Morgan fingerprint density at radius 2 is 2.03 bits per heavy atom. The van der Waals surface area contributed by atoms with Crippen molar-refractivity contribution in [2.45, 2.75) is 18.5 Å². The number of hydrazone groups is 1. The smallest absolute Gasteiger partial charge is 0.250 e. The third kappa shape index (κ3) is 6.42. The maximum atomic E-state index is 12.5. The highest BCUT2D eigenvalue weighted by Crippen LogP contribution is 2.28. The molecule has 1 amide bonds. The molecule has 0 unspecified atom stereocenters. The second-order valence-electron chi connectivity index (χ2n) is 7.74. The zero-order valence-electron chi connectivity index (χ0n) is 20.2. The molecule has 0 aliphatic rings. The van der Waals surface area contributed by atoms with Crippen LogP contribution >= 0.6 is 11.8 Å². The van der Waals surface area contributed by atoms with Crippen molar-refractivity contribution in [3.05, 3.63) is 90.8 Å². The van der Waals surface area contributed by atoms with Gasteiger partial charge in [-0.25, -0.2) is 5.43 Å². The van der Waals surface area contributed by atoms with E-state index >= 15 is 0 Å². The highest BCUT2D eigenvalue weighted by molar-refractivity contribution is 7.99. The molecule has 2 aromatic heterocycles. The molecule has 2 N–H and O–H groups in total. The molecule has 0 bridgehead atoms. The van der Waals surface area contributed by atoms with Crippen molar-refractivity contribution >= 4 is 23.9 Å². The number of phenolic OH excluding ortho intramolecular Hbond substituents is 1. The molecule has 10 heteroatoms. The molecule has 9 nitrogen and oxygen atoms in total. The SMILES string of the molecule is C=CCc1cccc(/C=N/NC(=O)CSc2nnc(-c3cccnc3)n2-c2ccc(OCC)cc2)c1O. The second-order valence-corrected chi connectivity index (χ2v) is 8.68. The van der Waals surface area contributed by atoms with Crippen molar-refractivity contribution in [2.75, 3.05) is 12.4 Å². The Balaban J connectivity index is 1.49.